The van der Waals surface area contributed by atoms with E-state index in [1.54, 1.807) is 7.11 Å². The second-order valence-corrected chi connectivity index (χ2v) is 4.35. The van der Waals surface area contributed by atoms with Gasteiger partial charge in [0.2, 0.25) is 0 Å². The molecule has 0 bridgehead atoms. The van der Waals surface area contributed by atoms with Crippen molar-refractivity contribution in [1.82, 2.24) is 0 Å². The SMILES string of the molecule is COc1ccc(C2CCC2C(=O)O)c(C)c1. The van der Waals surface area contributed by atoms with Gasteiger partial charge in [0.15, 0.2) is 0 Å². The van der Waals surface area contributed by atoms with Crippen molar-refractivity contribution < 1.29 is 14.6 Å². The molecular weight excluding hydrogens is 204 g/mol. The molecule has 1 saturated carbocycles. The third-order valence-electron chi connectivity index (χ3n) is 3.47. The number of benzene rings is 1. The Morgan fingerprint density at radius 2 is 2.19 bits per heavy atom. The fourth-order valence-electron chi connectivity index (χ4n) is 2.36. The molecule has 3 heteroatoms. The molecule has 2 rings (SSSR count). The van der Waals surface area contributed by atoms with Gasteiger partial charge in [0.05, 0.1) is 13.0 Å². The van der Waals surface area contributed by atoms with Crippen LogP contribution in [0.2, 0.25) is 0 Å². The fraction of sp³-hybridized carbons (Fsp3) is 0.462. The van der Waals surface area contributed by atoms with Crippen LogP contribution in [-0.4, -0.2) is 18.2 Å². The number of carbonyl (C=O) groups is 1. The highest BCUT2D eigenvalue weighted by Crippen LogP contribution is 2.44. The molecule has 1 aliphatic rings. The highest BCUT2D eigenvalue weighted by molar-refractivity contribution is 5.73. The molecule has 0 saturated heterocycles. The first-order valence-corrected chi connectivity index (χ1v) is 5.51. The predicted octanol–water partition coefficient (Wildman–Crippen LogP) is 2.58. The van der Waals surface area contributed by atoms with Gasteiger partial charge in [-0.1, -0.05) is 6.07 Å². The summed E-state index contributed by atoms with van der Waals surface area (Å²) >= 11 is 0. The summed E-state index contributed by atoms with van der Waals surface area (Å²) in [5.74, 6) is 0.134. The maximum atomic E-state index is 11.0. The van der Waals surface area contributed by atoms with Crippen molar-refractivity contribution >= 4 is 5.97 Å². The molecule has 1 aliphatic carbocycles. The summed E-state index contributed by atoms with van der Waals surface area (Å²) in [5, 5.41) is 9.03. The normalized spacial score (nSPS) is 23.6. The first-order chi connectivity index (χ1) is 7.63. The number of rotatable bonds is 3. The molecular formula is C13H16O3. The van der Waals surface area contributed by atoms with Crippen molar-refractivity contribution in [3.8, 4) is 5.75 Å². The smallest absolute Gasteiger partial charge is 0.307 e. The van der Waals surface area contributed by atoms with E-state index in [0.717, 1.165) is 29.7 Å². The lowest BCUT2D eigenvalue weighted by atomic mass is 9.69. The molecule has 16 heavy (non-hydrogen) atoms. The molecule has 1 aromatic rings. The number of aryl methyl sites for hydroxylation is 1. The van der Waals surface area contributed by atoms with Crippen LogP contribution >= 0.6 is 0 Å². The minimum atomic E-state index is -0.675. The first kappa shape index (κ1) is 11.0. The number of aliphatic carboxylic acids is 1. The van der Waals surface area contributed by atoms with Gasteiger partial charge in [0.25, 0.3) is 0 Å². The highest BCUT2D eigenvalue weighted by Gasteiger charge is 2.38. The molecule has 1 N–H and O–H groups in total. The van der Waals surface area contributed by atoms with Gasteiger partial charge in [-0.15, -0.1) is 0 Å². The third-order valence-corrected chi connectivity index (χ3v) is 3.47. The maximum absolute atomic E-state index is 11.0. The molecule has 86 valence electrons. The van der Waals surface area contributed by atoms with Crippen LogP contribution in [-0.2, 0) is 4.79 Å². The Kier molecular flexibility index (Phi) is 2.86. The van der Waals surface area contributed by atoms with Gasteiger partial charge >= 0.3 is 5.97 Å². The van der Waals surface area contributed by atoms with E-state index in [0.29, 0.717) is 0 Å². The third kappa shape index (κ3) is 1.77. The van der Waals surface area contributed by atoms with Crippen LogP contribution in [0.5, 0.6) is 5.75 Å². The van der Waals surface area contributed by atoms with Gasteiger partial charge in [0.1, 0.15) is 5.75 Å². The number of hydrogen-bond acceptors (Lipinski definition) is 2. The van der Waals surface area contributed by atoms with Crippen LogP contribution < -0.4 is 4.74 Å². The van der Waals surface area contributed by atoms with Crippen molar-refractivity contribution in [2.45, 2.75) is 25.7 Å². The Morgan fingerprint density at radius 3 is 2.62 bits per heavy atom. The zero-order chi connectivity index (χ0) is 11.7. The largest absolute Gasteiger partial charge is 0.497 e. The van der Waals surface area contributed by atoms with Crippen molar-refractivity contribution in [3.05, 3.63) is 29.3 Å². The molecule has 1 fully saturated rings. The van der Waals surface area contributed by atoms with Crippen molar-refractivity contribution in [3.63, 3.8) is 0 Å². The van der Waals surface area contributed by atoms with Crippen LogP contribution in [0.1, 0.15) is 29.9 Å². The Balaban J connectivity index is 2.24. The number of carboxylic acid groups (broad SMARTS) is 1. The van der Waals surface area contributed by atoms with Gasteiger partial charge in [-0.25, -0.2) is 0 Å². The van der Waals surface area contributed by atoms with Gasteiger partial charge < -0.3 is 9.84 Å². The molecule has 3 nitrogen and oxygen atoms in total. The Bertz CT molecular complexity index is 412. The summed E-state index contributed by atoms with van der Waals surface area (Å²) in [7, 11) is 1.64. The van der Waals surface area contributed by atoms with E-state index in [1.165, 1.54) is 0 Å². The zero-order valence-electron chi connectivity index (χ0n) is 9.56. The second kappa shape index (κ2) is 4.16. The Hall–Kier alpha value is -1.51. The lowest BCUT2D eigenvalue weighted by molar-refractivity contribution is -0.145. The lowest BCUT2D eigenvalue weighted by Gasteiger charge is -2.34. The number of ether oxygens (including phenoxy) is 1. The van der Waals surface area contributed by atoms with E-state index in [2.05, 4.69) is 0 Å². The minimum absolute atomic E-state index is 0.184. The Morgan fingerprint density at radius 1 is 1.44 bits per heavy atom. The molecule has 1 aromatic carbocycles. The van der Waals surface area contributed by atoms with Crippen LogP contribution in [0.3, 0.4) is 0 Å². The second-order valence-electron chi connectivity index (χ2n) is 4.35. The number of hydrogen-bond donors (Lipinski definition) is 1. The van der Waals surface area contributed by atoms with E-state index in [-0.39, 0.29) is 11.8 Å². The summed E-state index contributed by atoms with van der Waals surface area (Å²) in [6, 6.07) is 5.86. The Labute approximate surface area is 95.0 Å². The van der Waals surface area contributed by atoms with Gasteiger partial charge in [0, 0.05) is 0 Å². The van der Waals surface area contributed by atoms with E-state index in [9.17, 15) is 4.79 Å². The van der Waals surface area contributed by atoms with Crippen LogP contribution in [0, 0.1) is 12.8 Å². The average molecular weight is 220 g/mol. The minimum Gasteiger partial charge on any atom is -0.497 e. The first-order valence-electron chi connectivity index (χ1n) is 5.51. The zero-order valence-corrected chi connectivity index (χ0v) is 9.56. The topological polar surface area (TPSA) is 46.5 Å². The molecule has 2 atom stereocenters. The molecule has 2 unspecified atom stereocenters. The maximum Gasteiger partial charge on any atom is 0.307 e. The molecule has 0 aromatic heterocycles. The van der Waals surface area contributed by atoms with Crippen LogP contribution in [0.4, 0.5) is 0 Å². The van der Waals surface area contributed by atoms with Crippen molar-refractivity contribution in [2.75, 3.05) is 7.11 Å². The highest BCUT2D eigenvalue weighted by atomic mass is 16.5. The van der Waals surface area contributed by atoms with Gasteiger partial charge in [-0.05, 0) is 48.9 Å². The molecule has 0 heterocycles. The molecule has 0 radical (unpaired) electrons. The summed E-state index contributed by atoms with van der Waals surface area (Å²) < 4.78 is 5.14. The summed E-state index contributed by atoms with van der Waals surface area (Å²) in [4.78, 5) is 11.0. The molecule has 0 aliphatic heterocycles. The lowest BCUT2D eigenvalue weighted by Crippen LogP contribution is -2.31. The quantitative estimate of drug-likeness (QED) is 0.851. The van der Waals surface area contributed by atoms with Gasteiger partial charge in [-0.2, -0.15) is 0 Å². The summed E-state index contributed by atoms with van der Waals surface area (Å²) in [6.45, 7) is 2.01. The van der Waals surface area contributed by atoms with Crippen LogP contribution in [0.25, 0.3) is 0 Å². The van der Waals surface area contributed by atoms with E-state index in [1.807, 2.05) is 25.1 Å². The van der Waals surface area contributed by atoms with Gasteiger partial charge in [-0.3, -0.25) is 4.79 Å². The number of carboxylic acids is 1. The summed E-state index contributed by atoms with van der Waals surface area (Å²) in [5.41, 5.74) is 2.27. The van der Waals surface area contributed by atoms with E-state index < -0.39 is 5.97 Å². The summed E-state index contributed by atoms with van der Waals surface area (Å²) in [6.07, 6.45) is 1.77. The molecule has 0 amide bonds. The van der Waals surface area contributed by atoms with Crippen molar-refractivity contribution in [2.24, 2.45) is 5.92 Å². The van der Waals surface area contributed by atoms with E-state index in [4.69, 9.17) is 9.84 Å². The van der Waals surface area contributed by atoms with E-state index >= 15 is 0 Å². The monoisotopic (exact) mass is 220 g/mol. The van der Waals surface area contributed by atoms with Crippen LogP contribution in [0.15, 0.2) is 18.2 Å². The van der Waals surface area contributed by atoms with Crippen molar-refractivity contribution in [1.29, 1.82) is 0 Å². The average Bonchev–Trinajstić information content (AvgIpc) is 2.18. The predicted molar refractivity (Wildman–Crippen MR) is 60.8 cm³/mol. The standard InChI is InChI=1S/C13H16O3/c1-8-7-9(16-2)3-4-10(8)11-5-6-12(11)13(14)15/h3-4,7,11-12H,5-6H2,1-2H3,(H,14,15). The number of methoxy groups -OCH3 is 1. The molecule has 0 spiro atoms. The fourth-order valence-corrected chi connectivity index (χ4v) is 2.36.